The molecule has 0 saturated heterocycles. The van der Waals surface area contributed by atoms with Crippen LogP contribution in [0.1, 0.15) is 20.8 Å². The highest BCUT2D eigenvalue weighted by atomic mass is 16.1. The van der Waals surface area contributed by atoms with Crippen molar-refractivity contribution in [3.63, 3.8) is 0 Å². The Bertz CT molecular complexity index is 570. The van der Waals surface area contributed by atoms with Crippen LogP contribution in [0.4, 0.5) is 5.69 Å². The van der Waals surface area contributed by atoms with E-state index in [1.165, 1.54) is 0 Å². The van der Waals surface area contributed by atoms with E-state index in [2.05, 4.69) is 10.3 Å². The summed E-state index contributed by atoms with van der Waals surface area (Å²) in [7, 11) is 0. The highest BCUT2D eigenvalue weighted by Crippen LogP contribution is 2.21. The number of nitrogens with zero attached hydrogens (tertiary/aromatic N) is 1. The summed E-state index contributed by atoms with van der Waals surface area (Å²) in [6.07, 6.45) is 5.24. The predicted molar refractivity (Wildman–Crippen MR) is 74.1 cm³/mol. The summed E-state index contributed by atoms with van der Waals surface area (Å²) < 4.78 is 0. The summed E-state index contributed by atoms with van der Waals surface area (Å²) in [5, 5.41) is 5.01. The van der Waals surface area contributed by atoms with Crippen LogP contribution in [-0.2, 0) is 4.79 Å². The number of benzene rings is 1. The average molecular weight is 241 g/mol. The quantitative estimate of drug-likeness (QED) is 0.875. The first-order valence-corrected chi connectivity index (χ1v) is 5.95. The SMILES string of the molecule is CC(C)(C)[CH]C(=O)Nc1ccc2cnccc2c1. The van der Waals surface area contributed by atoms with Crippen molar-refractivity contribution in [2.45, 2.75) is 20.8 Å². The Morgan fingerprint density at radius 3 is 2.72 bits per heavy atom. The number of aromatic nitrogens is 1. The van der Waals surface area contributed by atoms with Crippen LogP contribution in [0.2, 0.25) is 0 Å². The van der Waals surface area contributed by atoms with Gasteiger partial charge in [-0.05, 0) is 29.0 Å². The Labute approximate surface area is 107 Å². The second-order valence-corrected chi connectivity index (χ2v) is 5.44. The van der Waals surface area contributed by atoms with Crippen molar-refractivity contribution < 1.29 is 4.79 Å². The lowest BCUT2D eigenvalue weighted by atomic mass is 9.92. The van der Waals surface area contributed by atoms with Crippen LogP contribution in [-0.4, -0.2) is 10.9 Å². The molecule has 1 heterocycles. The third-order valence-electron chi connectivity index (χ3n) is 2.47. The fourth-order valence-corrected chi connectivity index (χ4v) is 1.73. The molecule has 1 radical (unpaired) electrons. The molecular weight excluding hydrogens is 224 g/mol. The monoisotopic (exact) mass is 241 g/mol. The van der Waals surface area contributed by atoms with E-state index in [4.69, 9.17) is 0 Å². The number of anilines is 1. The summed E-state index contributed by atoms with van der Waals surface area (Å²) in [6, 6.07) is 7.72. The van der Waals surface area contributed by atoms with Crippen molar-refractivity contribution >= 4 is 22.4 Å². The van der Waals surface area contributed by atoms with Crippen LogP contribution in [0, 0.1) is 11.8 Å². The van der Waals surface area contributed by atoms with Gasteiger partial charge in [0.2, 0.25) is 5.91 Å². The van der Waals surface area contributed by atoms with E-state index in [1.807, 2.05) is 51.2 Å². The van der Waals surface area contributed by atoms with Crippen molar-refractivity contribution in [2.24, 2.45) is 5.41 Å². The highest BCUT2D eigenvalue weighted by molar-refractivity contribution is 5.99. The fraction of sp³-hybridized carbons (Fsp3) is 0.267. The summed E-state index contributed by atoms with van der Waals surface area (Å²) in [5.41, 5.74) is 0.685. The zero-order valence-corrected chi connectivity index (χ0v) is 10.9. The maximum atomic E-state index is 11.8. The molecule has 1 aromatic carbocycles. The zero-order chi connectivity index (χ0) is 13.2. The molecule has 0 bridgehead atoms. The molecule has 2 aromatic rings. The zero-order valence-electron chi connectivity index (χ0n) is 10.9. The average Bonchev–Trinajstić information content (AvgIpc) is 2.26. The van der Waals surface area contributed by atoms with Gasteiger partial charge in [-0.2, -0.15) is 0 Å². The van der Waals surface area contributed by atoms with Gasteiger partial charge < -0.3 is 5.32 Å². The Hall–Kier alpha value is -1.90. The number of pyridine rings is 1. The summed E-state index contributed by atoms with van der Waals surface area (Å²) >= 11 is 0. The molecule has 1 aromatic heterocycles. The van der Waals surface area contributed by atoms with Crippen LogP contribution in [0.3, 0.4) is 0 Å². The number of hydrogen-bond donors (Lipinski definition) is 1. The Morgan fingerprint density at radius 2 is 2.00 bits per heavy atom. The molecule has 0 spiro atoms. The first-order chi connectivity index (χ1) is 8.44. The van der Waals surface area contributed by atoms with Crippen molar-refractivity contribution in [1.29, 1.82) is 0 Å². The molecule has 3 nitrogen and oxygen atoms in total. The second kappa shape index (κ2) is 4.77. The standard InChI is InChI=1S/C15H17N2O/c1-15(2,3)9-14(18)17-13-5-4-12-10-16-7-6-11(12)8-13/h4-10H,1-3H3,(H,17,18). The van der Waals surface area contributed by atoms with Crippen molar-refractivity contribution in [1.82, 2.24) is 4.98 Å². The number of carbonyl (C=O) groups excluding carboxylic acids is 1. The molecule has 0 aliphatic heterocycles. The topological polar surface area (TPSA) is 42.0 Å². The molecule has 0 fully saturated rings. The first-order valence-electron chi connectivity index (χ1n) is 5.95. The molecule has 18 heavy (non-hydrogen) atoms. The van der Waals surface area contributed by atoms with Crippen molar-refractivity contribution in [3.8, 4) is 0 Å². The largest absolute Gasteiger partial charge is 0.326 e. The fourth-order valence-electron chi connectivity index (χ4n) is 1.73. The minimum atomic E-state index is -0.120. The van der Waals surface area contributed by atoms with Gasteiger partial charge in [0.15, 0.2) is 0 Å². The lowest BCUT2D eigenvalue weighted by molar-refractivity contribution is -0.114. The van der Waals surface area contributed by atoms with E-state index in [-0.39, 0.29) is 11.3 Å². The van der Waals surface area contributed by atoms with E-state index in [0.717, 1.165) is 16.5 Å². The lowest BCUT2D eigenvalue weighted by Gasteiger charge is -2.16. The van der Waals surface area contributed by atoms with Crippen LogP contribution < -0.4 is 5.32 Å². The Morgan fingerprint density at radius 1 is 1.22 bits per heavy atom. The number of fused-ring (bicyclic) bond motifs is 1. The molecule has 0 aliphatic carbocycles. The van der Waals surface area contributed by atoms with Gasteiger partial charge in [0, 0.05) is 23.5 Å². The molecule has 3 heteroatoms. The van der Waals surface area contributed by atoms with E-state index >= 15 is 0 Å². The van der Waals surface area contributed by atoms with Crippen LogP contribution in [0.25, 0.3) is 10.8 Å². The van der Waals surface area contributed by atoms with Crippen molar-refractivity contribution in [3.05, 3.63) is 43.1 Å². The molecule has 0 atom stereocenters. The summed E-state index contributed by atoms with van der Waals surface area (Å²) in [4.78, 5) is 15.8. The molecule has 0 aliphatic rings. The van der Waals surface area contributed by atoms with Crippen LogP contribution >= 0.6 is 0 Å². The normalized spacial score (nSPS) is 11.5. The maximum absolute atomic E-state index is 11.8. The Balaban J connectivity index is 2.15. The minimum Gasteiger partial charge on any atom is -0.326 e. The van der Waals surface area contributed by atoms with Gasteiger partial charge in [0.25, 0.3) is 0 Å². The molecule has 0 saturated carbocycles. The van der Waals surface area contributed by atoms with Crippen LogP contribution in [0.15, 0.2) is 36.7 Å². The number of carbonyl (C=O) groups is 1. The number of amides is 1. The van der Waals surface area contributed by atoms with E-state index in [0.29, 0.717) is 0 Å². The summed E-state index contributed by atoms with van der Waals surface area (Å²) in [6.45, 7) is 6.00. The molecular formula is C15H17N2O. The van der Waals surface area contributed by atoms with E-state index in [1.54, 1.807) is 12.6 Å². The molecule has 2 rings (SSSR count). The third kappa shape index (κ3) is 3.29. The summed E-state index contributed by atoms with van der Waals surface area (Å²) in [5.74, 6) is -0.0732. The van der Waals surface area contributed by atoms with Gasteiger partial charge in [-0.1, -0.05) is 26.8 Å². The van der Waals surface area contributed by atoms with Crippen molar-refractivity contribution in [2.75, 3.05) is 5.32 Å². The molecule has 93 valence electrons. The number of hydrogen-bond acceptors (Lipinski definition) is 2. The van der Waals surface area contributed by atoms with Gasteiger partial charge in [-0.25, -0.2) is 0 Å². The molecule has 1 N–H and O–H groups in total. The van der Waals surface area contributed by atoms with Gasteiger partial charge in [0.1, 0.15) is 0 Å². The first kappa shape index (κ1) is 12.6. The highest BCUT2D eigenvalue weighted by Gasteiger charge is 2.16. The van der Waals surface area contributed by atoms with Crippen LogP contribution in [0.5, 0.6) is 0 Å². The lowest BCUT2D eigenvalue weighted by Crippen LogP contribution is -2.20. The molecule has 0 unspecified atom stereocenters. The molecule has 1 amide bonds. The minimum absolute atomic E-state index is 0.0732. The Kier molecular flexibility index (Phi) is 3.32. The van der Waals surface area contributed by atoms with Gasteiger partial charge >= 0.3 is 0 Å². The van der Waals surface area contributed by atoms with Gasteiger partial charge in [-0.15, -0.1) is 0 Å². The third-order valence-corrected chi connectivity index (χ3v) is 2.47. The smallest absolute Gasteiger partial charge is 0.228 e. The maximum Gasteiger partial charge on any atom is 0.228 e. The van der Waals surface area contributed by atoms with E-state index in [9.17, 15) is 4.79 Å². The second-order valence-electron chi connectivity index (χ2n) is 5.44. The van der Waals surface area contributed by atoms with Gasteiger partial charge in [-0.3, -0.25) is 9.78 Å². The number of nitrogens with one attached hydrogen (secondary N) is 1. The van der Waals surface area contributed by atoms with Gasteiger partial charge in [0.05, 0.1) is 6.42 Å². The number of rotatable bonds is 2. The predicted octanol–water partition coefficient (Wildman–Crippen LogP) is 3.42. The van der Waals surface area contributed by atoms with E-state index < -0.39 is 0 Å².